The van der Waals surface area contributed by atoms with E-state index in [1.54, 1.807) is 6.08 Å². The number of aromatic nitrogens is 1. The van der Waals surface area contributed by atoms with E-state index in [0.717, 1.165) is 16.4 Å². The van der Waals surface area contributed by atoms with Gasteiger partial charge in [0.25, 0.3) is 0 Å². The van der Waals surface area contributed by atoms with Gasteiger partial charge in [-0.2, -0.15) is 0 Å². The molecule has 2 rings (SSSR count). The normalized spacial score (nSPS) is 10.4. The van der Waals surface area contributed by atoms with Crippen LogP contribution in [0.25, 0.3) is 11.3 Å². The van der Waals surface area contributed by atoms with Gasteiger partial charge < -0.3 is 5.32 Å². The van der Waals surface area contributed by atoms with Crippen molar-refractivity contribution >= 4 is 51.0 Å². The number of nitrogens with zero attached hydrogens (tertiary/aromatic N) is 1. The molecule has 0 spiro atoms. The number of anilines is 1. The van der Waals surface area contributed by atoms with Crippen molar-refractivity contribution in [3.8, 4) is 11.3 Å². The van der Waals surface area contributed by atoms with Crippen molar-refractivity contribution in [2.45, 2.75) is 0 Å². The Hall–Kier alpha value is -0.550. The molecule has 0 fully saturated rings. The lowest BCUT2D eigenvalue weighted by Crippen LogP contribution is -1.96. The number of hydrogen-bond donors (Lipinski definition) is 1. The molecule has 2 nitrogen and oxygen atoms in total. The molecule has 0 saturated heterocycles. The van der Waals surface area contributed by atoms with E-state index in [4.69, 9.17) is 23.2 Å². The molecular weight excluding hydrogens is 283 g/mol. The fourth-order valence-electron chi connectivity index (χ4n) is 1.15. The van der Waals surface area contributed by atoms with Gasteiger partial charge >= 0.3 is 0 Å². The van der Waals surface area contributed by atoms with Crippen molar-refractivity contribution in [3.05, 3.63) is 32.8 Å². The van der Waals surface area contributed by atoms with Crippen molar-refractivity contribution in [3.63, 3.8) is 0 Å². The molecule has 2 aromatic heterocycles. The predicted octanol–water partition coefficient (Wildman–Crippen LogP) is 4.78. The third-order valence-electron chi connectivity index (χ3n) is 1.83. The predicted molar refractivity (Wildman–Crippen MR) is 74.1 cm³/mol. The molecular formula is C10H8Cl2N2S2. The van der Waals surface area contributed by atoms with Crippen molar-refractivity contribution < 1.29 is 0 Å². The largest absolute Gasteiger partial charge is 0.358 e. The number of thiophene rings is 1. The highest BCUT2D eigenvalue weighted by molar-refractivity contribution is 7.20. The van der Waals surface area contributed by atoms with Gasteiger partial charge in [-0.25, -0.2) is 4.98 Å². The quantitative estimate of drug-likeness (QED) is 0.820. The van der Waals surface area contributed by atoms with Crippen LogP contribution in [-0.2, 0) is 0 Å². The highest BCUT2D eigenvalue weighted by Crippen LogP contribution is 2.38. The molecule has 0 aromatic carbocycles. The maximum Gasteiger partial charge on any atom is 0.183 e. The van der Waals surface area contributed by atoms with E-state index in [2.05, 4.69) is 16.9 Å². The van der Waals surface area contributed by atoms with E-state index in [-0.39, 0.29) is 0 Å². The number of hydrogen-bond acceptors (Lipinski definition) is 4. The molecule has 16 heavy (non-hydrogen) atoms. The van der Waals surface area contributed by atoms with Gasteiger partial charge in [0.2, 0.25) is 0 Å². The zero-order valence-electron chi connectivity index (χ0n) is 8.17. The molecule has 0 radical (unpaired) electrons. The summed E-state index contributed by atoms with van der Waals surface area (Å²) in [4.78, 5) is 4.42. The average molecular weight is 291 g/mol. The highest BCUT2D eigenvalue weighted by Gasteiger charge is 2.11. The monoisotopic (exact) mass is 290 g/mol. The lowest BCUT2D eigenvalue weighted by atomic mass is 10.3. The van der Waals surface area contributed by atoms with Gasteiger partial charge in [-0.3, -0.25) is 0 Å². The molecule has 2 aromatic rings. The molecule has 1 N–H and O–H groups in total. The van der Waals surface area contributed by atoms with Crippen LogP contribution in [0, 0.1) is 0 Å². The van der Waals surface area contributed by atoms with E-state index >= 15 is 0 Å². The van der Waals surface area contributed by atoms with E-state index in [1.165, 1.54) is 22.7 Å². The molecule has 0 aliphatic carbocycles. The van der Waals surface area contributed by atoms with Gasteiger partial charge in [-0.1, -0.05) is 29.3 Å². The lowest BCUT2D eigenvalue weighted by molar-refractivity contribution is 1.29. The molecule has 0 atom stereocenters. The lowest BCUT2D eigenvalue weighted by Gasteiger charge is -1.95. The second kappa shape index (κ2) is 5.19. The van der Waals surface area contributed by atoms with Crippen LogP contribution in [0.3, 0.4) is 0 Å². The molecule has 0 saturated carbocycles. The van der Waals surface area contributed by atoms with Crippen molar-refractivity contribution in [1.29, 1.82) is 0 Å². The summed E-state index contributed by atoms with van der Waals surface area (Å²) in [6.45, 7) is 4.34. The van der Waals surface area contributed by atoms with E-state index in [0.29, 0.717) is 15.2 Å². The first-order valence-corrected chi connectivity index (χ1v) is 6.91. The van der Waals surface area contributed by atoms with Crippen LogP contribution in [0.5, 0.6) is 0 Å². The first-order chi connectivity index (χ1) is 7.70. The zero-order valence-corrected chi connectivity index (χ0v) is 11.3. The Bertz CT molecular complexity index is 505. The maximum absolute atomic E-state index is 6.06. The Kier molecular flexibility index (Phi) is 3.86. The molecule has 0 unspecified atom stereocenters. The number of halogens is 2. The van der Waals surface area contributed by atoms with Gasteiger partial charge in [0.1, 0.15) is 4.34 Å². The first-order valence-electron chi connectivity index (χ1n) is 4.46. The van der Waals surface area contributed by atoms with E-state index in [9.17, 15) is 0 Å². The van der Waals surface area contributed by atoms with Gasteiger partial charge in [-0.15, -0.1) is 29.3 Å². The molecule has 0 bridgehead atoms. The van der Waals surface area contributed by atoms with Crippen molar-refractivity contribution in [2.75, 3.05) is 11.9 Å². The smallest absolute Gasteiger partial charge is 0.183 e. The Morgan fingerprint density at radius 2 is 2.31 bits per heavy atom. The summed E-state index contributed by atoms with van der Waals surface area (Å²) in [6, 6.07) is 1.83. The van der Waals surface area contributed by atoms with Crippen molar-refractivity contribution in [2.24, 2.45) is 0 Å². The molecule has 2 heterocycles. The third kappa shape index (κ3) is 2.58. The Labute approximate surface area is 112 Å². The molecule has 0 aliphatic heterocycles. The van der Waals surface area contributed by atoms with E-state index < -0.39 is 0 Å². The minimum absolute atomic E-state index is 0.672. The summed E-state index contributed by atoms with van der Waals surface area (Å²) in [5.74, 6) is 0. The minimum atomic E-state index is 0.672. The number of nitrogens with one attached hydrogen (secondary N) is 1. The van der Waals surface area contributed by atoms with Crippen LogP contribution < -0.4 is 5.32 Å². The minimum Gasteiger partial charge on any atom is -0.358 e. The summed E-state index contributed by atoms with van der Waals surface area (Å²) in [7, 11) is 0. The zero-order chi connectivity index (χ0) is 11.5. The van der Waals surface area contributed by atoms with Crippen LogP contribution in [-0.4, -0.2) is 11.5 Å². The Morgan fingerprint density at radius 1 is 1.50 bits per heavy atom. The van der Waals surface area contributed by atoms with Crippen LogP contribution in [0.2, 0.25) is 8.67 Å². The number of thiazole rings is 1. The molecule has 0 aliphatic rings. The SMILES string of the molecule is C=CCNc1nc(-c2cc(Cl)sc2Cl)cs1. The molecule has 84 valence electrons. The first kappa shape index (κ1) is 11.9. The summed E-state index contributed by atoms with van der Waals surface area (Å²) in [5, 5.41) is 5.94. The maximum atomic E-state index is 6.06. The summed E-state index contributed by atoms with van der Waals surface area (Å²) >= 11 is 14.8. The topological polar surface area (TPSA) is 24.9 Å². The fraction of sp³-hybridized carbons (Fsp3) is 0.100. The summed E-state index contributed by atoms with van der Waals surface area (Å²) in [6.07, 6.45) is 1.79. The molecule has 0 amide bonds. The Balaban J connectivity index is 2.24. The van der Waals surface area contributed by atoms with Gasteiger partial charge in [0, 0.05) is 17.5 Å². The third-order valence-corrected chi connectivity index (χ3v) is 4.12. The van der Waals surface area contributed by atoms with Gasteiger partial charge in [-0.05, 0) is 6.07 Å². The fourth-order valence-corrected chi connectivity index (χ4v) is 3.35. The standard InChI is InChI=1S/C10H8Cl2N2S2/c1-2-3-13-10-14-7(5-15-10)6-4-8(11)16-9(6)12/h2,4-5H,1,3H2,(H,13,14). The average Bonchev–Trinajstić information content (AvgIpc) is 2.82. The summed E-state index contributed by atoms with van der Waals surface area (Å²) < 4.78 is 1.35. The van der Waals surface area contributed by atoms with Gasteiger partial charge in [0.05, 0.1) is 10.0 Å². The highest BCUT2D eigenvalue weighted by atomic mass is 35.5. The van der Waals surface area contributed by atoms with Gasteiger partial charge in [0.15, 0.2) is 5.13 Å². The van der Waals surface area contributed by atoms with Crippen LogP contribution in [0.4, 0.5) is 5.13 Å². The second-order valence-corrected chi connectivity index (χ2v) is 6.09. The van der Waals surface area contributed by atoms with E-state index in [1.807, 2.05) is 11.4 Å². The van der Waals surface area contributed by atoms with Crippen LogP contribution in [0.15, 0.2) is 24.1 Å². The van der Waals surface area contributed by atoms with Crippen LogP contribution >= 0.6 is 45.9 Å². The molecule has 6 heteroatoms. The summed E-state index contributed by atoms with van der Waals surface area (Å²) in [5.41, 5.74) is 1.74. The number of rotatable bonds is 4. The van der Waals surface area contributed by atoms with Crippen LogP contribution in [0.1, 0.15) is 0 Å². The second-order valence-electron chi connectivity index (χ2n) is 2.95. The Morgan fingerprint density at radius 3 is 2.94 bits per heavy atom. The van der Waals surface area contributed by atoms with Crippen molar-refractivity contribution in [1.82, 2.24) is 4.98 Å².